The number of alkyl halides is 3. The number of benzene rings is 1. The van der Waals surface area contributed by atoms with Gasteiger partial charge >= 0.3 is 6.18 Å². The molecule has 1 fully saturated rings. The van der Waals surface area contributed by atoms with Crippen molar-refractivity contribution in [2.24, 2.45) is 0 Å². The first-order valence-electron chi connectivity index (χ1n) is 10.1. The molecule has 1 atom stereocenters. The van der Waals surface area contributed by atoms with E-state index >= 15 is 0 Å². The smallest absolute Gasteiger partial charge is 0.372 e. The average molecular weight is 458 g/mol. The zero-order valence-electron chi connectivity index (χ0n) is 17.6. The fourth-order valence-electron chi connectivity index (χ4n) is 3.67. The van der Waals surface area contributed by atoms with E-state index in [9.17, 15) is 18.0 Å². The Labute approximate surface area is 187 Å². The quantitative estimate of drug-likeness (QED) is 0.483. The van der Waals surface area contributed by atoms with Crippen molar-refractivity contribution in [3.8, 4) is 0 Å². The van der Waals surface area contributed by atoms with Crippen LogP contribution in [0.15, 0.2) is 43.4 Å². The summed E-state index contributed by atoms with van der Waals surface area (Å²) in [5.41, 5.74) is 0.348. The normalized spacial score (nSPS) is 16.0. The van der Waals surface area contributed by atoms with Crippen LogP contribution in [0.3, 0.4) is 0 Å². The van der Waals surface area contributed by atoms with E-state index in [0.717, 1.165) is 23.8 Å². The third-order valence-corrected chi connectivity index (χ3v) is 5.22. The molecule has 0 spiro atoms. The van der Waals surface area contributed by atoms with Crippen molar-refractivity contribution in [1.82, 2.24) is 19.9 Å². The Morgan fingerprint density at radius 3 is 2.82 bits per heavy atom. The van der Waals surface area contributed by atoms with Crippen LogP contribution < -0.4 is 20.9 Å². The van der Waals surface area contributed by atoms with Gasteiger partial charge < -0.3 is 20.9 Å². The number of rotatable bonds is 6. The number of hydrogen-bond acceptors (Lipinski definition) is 8. The Bertz CT molecular complexity index is 1200. The van der Waals surface area contributed by atoms with Crippen molar-refractivity contribution >= 4 is 40.1 Å². The van der Waals surface area contributed by atoms with Crippen molar-refractivity contribution in [2.45, 2.75) is 18.6 Å². The lowest BCUT2D eigenvalue weighted by molar-refractivity contribution is -0.137. The molecular weight excluding hydrogens is 437 g/mol. The summed E-state index contributed by atoms with van der Waals surface area (Å²) in [5.74, 6) is 0.254. The van der Waals surface area contributed by atoms with Crippen LogP contribution in [0.2, 0.25) is 0 Å². The highest BCUT2D eigenvalue weighted by atomic mass is 19.4. The Morgan fingerprint density at radius 2 is 2.09 bits per heavy atom. The first kappa shape index (κ1) is 22.2. The van der Waals surface area contributed by atoms with Gasteiger partial charge in [-0.1, -0.05) is 6.58 Å². The van der Waals surface area contributed by atoms with Crippen LogP contribution in [-0.4, -0.2) is 52.0 Å². The number of carbonyl (C=O) groups excluding carboxylic acids is 1. The molecule has 3 aromatic rings. The van der Waals surface area contributed by atoms with Gasteiger partial charge in [-0.15, -0.1) is 0 Å². The number of amides is 1. The van der Waals surface area contributed by atoms with Gasteiger partial charge in [0.25, 0.3) is 0 Å². The summed E-state index contributed by atoms with van der Waals surface area (Å²) in [6, 6.07) is 5.27. The highest BCUT2D eigenvalue weighted by molar-refractivity contribution is 6.01. The number of anilines is 4. The number of hydrogen-bond donors (Lipinski definition) is 3. The van der Waals surface area contributed by atoms with Gasteiger partial charge in [-0.25, -0.2) is 15.0 Å². The molecule has 1 aliphatic heterocycles. The summed E-state index contributed by atoms with van der Waals surface area (Å²) in [4.78, 5) is 30.1. The molecule has 4 rings (SSSR count). The molecule has 3 heterocycles. The molecule has 1 aromatic carbocycles. The molecule has 1 saturated heterocycles. The summed E-state index contributed by atoms with van der Waals surface area (Å²) < 4.78 is 39.2. The predicted molar refractivity (Wildman–Crippen MR) is 119 cm³/mol. The minimum absolute atomic E-state index is 0.0809. The van der Waals surface area contributed by atoms with E-state index in [1.165, 1.54) is 19.5 Å². The molecule has 0 aliphatic carbocycles. The summed E-state index contributed by atoms with van der Waals surface area (Å²) >= 11 is 0. The summed E-state index contributed by atoms with van der Waals surface area (Å²) in [7, 11) is 1.38. The number of carbonyl (C=O) groups is 1. The highest BCUT2D eigenvalue weighted by Gasteiger charge is 2.35. The van der Waals surface area contributed by atoms with Crippen molar-refractivity contribution in [2.75, 3.05) is 41.0 Å². The van der Waals surface area contributed by atoms with Crippen molar-refractivity contribution in [1.29, 1.82) is 0 Å². The number of nitrogens with one attached hydrogen (secondary N) is 3. The van der Waals surface area contributed by atoms with E-state index in [1.54, 1.807) is 12.1 Å². The van der Waals surface area contributed by atoms with Crippen LogP contribution in [0.25, 0.3) is 10.9 Å². The van der Waals surface area contributed by atoms with Crippen molar-refractivity contribution < 1.29 is 18.0 Å². The van der Waals surface area contributed by atoms with Gasteiger partial charge in [0.2, 0.25) is 11.9 Å². The van der Waals surface area contributed by atoms with Gasteiger partial charge in [-0.2, -0.15) is 18.2 Å². The van der Waals surface area contributed by atoms with Crippen molar-refractivity contribution in [3.63, 3.8) is 0 Å². The monoisotopic (exact) mass is 458 g/mol. The topological polar surface area (TPSA) is 108 Å². The maximum Gasteiger partial charge on any atom is 0.421 e. The molecule has 12 heteroatoms. The van der Waals surface area contributed by atoms with Crippen molar-refractivity contribution in [3.05, 3.63) is 48.9 Å². The predicted octanol–water partition coefficient (Wildman–Crippen LogP) is 3.30. The van der Waals surface area contributed by atoms with Crippen LogP contribution in [0.5, 0.6) is 0 Å². The Morgan fingerprint density at radius 1 is 1.27 bits per heavy atom. The second kappa shape index (κ2) is 8.88. The zero-order valence-corrected chi connectivity index (χ0v) is 17.6. The molecule has 33 heavy (non-hydrogen) atoms. The average Bonchev–Trinajstić information content (AvgIpc) is 3.25. The third kappa shape index (κ3) is 4.78. The van der Waals surface area contributed by atoms with Gasteiger partial charge in [0, 0.05) is 43.4 Å². The standard InChI is InChI=1S/C21H21F3N8O/c1-3-17(33)29-12-4-5-14-16(8-12)27-11-28-19(14)32-7-6-13(10-32)30-20-26-9-15(21(22,23)24)18(25-2)31-20/h3-5,8-9,11,13H,1,6-7,10H2,2H3,(H,29,33)(H2,25,26,30,31). The van der Waals surface area contributed by atoms with E-state index in [0.29, 0.717) is 24.3 Å². The van der Waals surface area contributed by atoms with Crippen LogP contribution in [0.1, 0.15) is 12.0 Å². The SMILES string of the molecule is C=CC(=O)Nc1ccc2c(N3CCC(Nc4ncc(C(F)(F)F)c(NC)n4)C3)ncnc2c1. The first-order chi connectivity index (χ1) is 15.8. The van der Waals surface area contributed by atoms with Gasteiger partial charge in [-0.05, 0) is 30.7 Å². The van der Waals surface area contributed by atoms with E-state index in [4.69, 9.17) is 0 Å². The van der Waals surface area contributed by atoms with E-state index in [1.807, 2.05) is 6.07 Å². The second-order valence-electron chi connectivity index (χ2n) is 7.40. The summed E-state index contributed by atoms with van der Waals surface area (Å²) in [6.45, 7) is 4.67. The van der Waals surface area contributed by atoms with Crippen LogP contribution >= 0.6 is 0 Å². The molecule has 1 unspecified atom stereocenters. The lowest BCUT2D eigenvalue weighted by Crippen LogP contribution is -2.27. The third-order valence-electron chi connectivity index (χ3n) is 5.22. The fraction of sp³-hybridized carbons (Fsp3) is 0.286. The van der Waals surface area contributed by atoms with Crippen LogP contribution in [0.4, 0.5) is 36.4 Å². The first-order valence-corrected chi connectivity index (χ1v) is 10.1. The van der Waals surface area contributed by atoms with Gasteiger partial charge in [0.05, 0.1) is 5.52 Å². The van der Waals surface area contributed by atoms with E-state index in [2.05, 4.69) is 47.4 Å². The molecule has 3 N–H and O–H groups in total. The number of nitrogens with zero attached hydrogens (tertiary/aromatic N) is 5. The highest BCUT2D eigenvalue weighted by Crippen LogP contribution is 2.34. The minimum Gasteiger partial charge on any atom is -0.372 e. The molecule has 0 saturated carbocycles. The number of fused-ring (bicyclic) bond motifs is 1. The lowest BCUT2D eigenvalue weighted by Gasteiger charge is -2.20. The maximum absolute atomic E-state index is 13.1. The fourth-order valence-corrected chi connectivity index (χ4v) is 3.67. The Kier molecular flexibility index (Phi) is 5.99. The second-order valence-corrected chi connectivity index (χ2v) is 7.40. The lowest BCUT2D eigenvalue weighted by atomic mass is 10.2. The molecular formula is C21H21F3N8O. The minimum atomic E-state index is -4.54. The number of halogens is 3. The van der Waals surface area contributed by atoms with Gasteiger partial charge in [-0.3, -0.25) is 4.79 Å². The molecule has 1 amide bonds. The van der Waals surface area contributed by atoms with Gasteiger partial charge in [0.1, 0.15) is 23.5 Å². The zero-order chi connectivity index (χ0) is 23.6. The summed E-state index contributed by atoms with van der Waals surface area (Å²) in [6.07, 6.45) is -0.404. The molecule has 9 nitrogen and oxygen atoms in total. The van der Waals surface area contributed by atoms with Gasteiger partial charge in [0.15, 0.2) is 0 Å². The molecule has 1 aliphatic rings. The molecule has 0 radical (unpaired) electrons. The molecule has 0 bridgehead atoms. The Hall–Kier alpha value is -3.96. The van der Waals surface area contributed by atoms with Crippen LogP contribution in [0, 0.1) is 0 Å². The van der Waals surface area contributed by atoms with E-state index in [-0.39, 0.29) is 23.7 Å². The van der Waals surface area contributed by atoms with Crippen LogP contribution in [-0.2, 0) is 11.0 Å². The van der Waals surface area contributed by atoms with E-state index < -0.39 is 11.7 Å². The number of aromatic nitrogens is 4. The molecule has 172 valence electrons. The summed E-state index contributed by atoms with van der Waals surface area (Å²) in [5, 5.41) is 9.10. The molecule has 2 aromatic heterocycles. The largest absolute Gasteiger partial charge is 0.421 e. The Balaban J connectivity index is 1.50. The maximum atomic E-state index is 13.1.